The summed E-state index contributed by atoms with van der Waals surface area (Å²) in [5, 5.41) is -0.0888. The molecule has 0 spiro atoms. The smallest absolute Gasteiger partial charge is 0.0655 e. The summed E-state index contributed by atoms with van der Waals surface area (Å²) < 4.78 is 0. The third kappa shape index (κ3) is 2.67. The van der Waals surface area contributed by atoms with Crippen molar-refractivity contribution in [3.63, 3.8) is 0 Å². The monoisotopic (exact) mass is 308 g/mol. The summed E-state index contributed by atoms with van der Waals surface area (Å²) >= 11 is 0. The Morgan fingerprint density at radius 2 is 0.810 bits per heavy atom. The molecule has 0 heterocycles. The highest BCUT2D eigenvalue weighted by molar-refractivity contribution is 8.03. The molecule has 0 amide bonds. The first-order valence-electron chi connectivity index (χ1n) is 7.02. The molecule has 0 saturated carbocycles. The van der Waals surface area contributed by atoms with Crippen molar-refractivity contribution in [3.05, 3.63) is 108 Å². The summed E-state index contributed by atoms with van der Waals surface area (Å²) in [5.74, 6) is 0. The summed E-state index contributed by atoms with van der Waals surface area (Å²) in [5.41, 5.74) is 4.03. The zero-order chi connectivity index (χ0) is 14.5. The van der Waals surface area contributed by atoms with Crippen LogP contribution in [0.15, 0.2) is 91.0 Å². The molecule has 0 fully saturated rings. The molecular weight excluding hydrogens is 290 g/mol. The lowest BCUT2D eigenvalue weighted by atomic mass is 9.84. The third-order valence-corrected chi connectivity index (χ3v) is 6.43. The Bertz CT molecular complexity index is 582. The van der Waals surface area contributed by atoms with Gasteiger partial charge in [0, 0.05) is 0 Å². The molecule has 0 nitrogen and oxygen atoms in total. The zero-order valence-corrected chi connectivity index (χ0v) is 13.9. The number of hydrogen-bond donors (Lipinski definition) is 0. The minimum absolute atomic E-state index is 0.0888. The van der Waals surface area contributed by atoms with Gasteiger partial charge in [0.1, 0.15) is 0 Å². The van der Waals surface area contributed by atoms with Crippen molar-refractivity contribution in [1.29, 1.82) is 0 Å². The maximum absolute atomic E-state index is 2.97. The molecule has 0 aliphatic rings. The van der Waals surface area contributed by atoms with Crippen molar-refractivity contribution in [2.75, 3.05) is 0 Å². The van der Waals surface area contributed by atoms with E-state index in [0.717, 1.165) is 0 Å². The fraction of sp³-hybridized carbons (Fsp3) is 0.0526. The van der Waals surface area contributed by atoms with E-state index in [2.05, 4.69) is 99.9 Å². The fourth-order valence-corrected chi connectivity index (χ4v) is 5.31. The second-order valence-electron chi connectivity index (χ2n) is 4.99. The van der Waals surface area contributed by atoms with E-state index in [-0.39, 0.29) is 5.16 Å². The van der Waals surface area contributed by atoms with Gasteiger partial charge in [0.2, 0.25) is 0 Å². The number of rotatable bonds is 4. The van der Waals surface area contributed by atoms with Gasteiger partial charge in [-0.15, -0.1) is 8.93 Å². The molecule has 0 aromatic heterocycles. The van der Waals surface area contributed by atoms with E-state index >= 15 is 0 Å². The van der Waals surface area contributed by atoms with E-state index < -0.39 is 0 Å². The van der Waals surface area contributed by atoms with Crippen LogP contribution >= 0.6 is 17.2 Å². The van der Waals surface area contributed by atoms with E-state index in [9.17, 15) is 0 Å². The summed E-state index contributed by atoms with van der Waals surface area (Å²) in [6.45, 7) is 0. The summed E-state index contributed by atoms with van der Waals surface area (Å²) in [6, 6.07) is 32.4. The van der Waals surface area contributed by atoms with Crippen LogP contribution in [-0.2, 0) is 5.16 Å². The highest BCUT2D eigenvalue weighted by Gasteiger charge is 2.34. The lowest BCUT2D eigenvalue weighted by Crippen LogP contribution is -2.22. The van der Waals surface area contributed by atoms with Gasteiger partial charge in [0.05, 0.1) is 5.16 Å². The molecule has 2 atom stereocenters. The summed E-state index contributed by atoms with van der Waals surface area (Å²) in [7, 11) is 3.64. The molecule has 3 aromatic rings. The molecule has 2 unspecified atom stereocenters. The Labute approximate surface area is 130 Å². The van der Waals surface area contributed by atoms with Gasteiger partial charge in [-0.25, -0.2) is 0 Å². The van der Waals surface area contributed by atoms with Crippen molar-refractivity contribution in [2.45, 2.75) is 5.16 Å². The molecule has 2 heteroatoms. The Morgan fingerprint density at radius 1 is 0.524 bits per heavy atom. The van der Waals surface area contributed by atoms with Crippen LogP contribution < -0.4 is 0 Å². The van der Waals surface area contributed by atoms with E-state index in [1.807, 2.05) is 0 Å². The van der Waals surface area contributed by atoms with Gasteiger partial charge in [-0.05, 0) is 16.7 Å². The largest absolute Gasteiger partial charge is 0.113 e. The van der Waals surface area contributed by atoms with Crippen molar-refractivity contribution < 1.29 is 0 Å². The Hall–Kier alpha value is -1.48. The lowest BCUT2D eigenvalue weighted by molar-refractivity contribution is 0.894. The Balaban J connectivity index is 2.29. The minimum atomic E-state index is -0.0888. The number of hydrogen-bond acceptors (Lipinski definition) is 0. The van der Waals surface area contributed by atoms with Crippen molar-refractivity contribution >= 4 is 17.2 Å². The molecule has 0 N–H and O–H groups in total. The zero-order valence-electron chi connectivity index (χ0n) is 11.7. The van der Waals surface area contributed by atoms with E-state index in [1.165, 1.54) is 16.7 Å². The fourth-order valence-electron chi connectivity index (χ4n) is 2.81. The van der Waals surface area contributed by atoms with Gasteiger partial charge < -0.3 is 0 Å². The summed E-state index contributed by atoms with van der Waals surface area (Å²) in [6.07, 6.45) is 0. The third-order valence-electron chi connectivity index (χ3n) is 3.84. The van der Waals surface area contributed by atoms with Gasteiger partial charge in [-0.1, -0.05) is 99.3 Å². The van der Waals surface area contributed by atoms with Crippen molar-refractivity contribution in [1.82, 2.24) is 0 Å². The molecule has 21 heavy (non-hydrogen) atoms. The van der Waals surface area contributed by atoms with Crippen molar-refractivity contribution in [2.24, 2.45) is 0 Å². The first-order valence-corrected chi connectivity index (χ1v) is 9.83. The van der Waals surface area contributed by atoms with Crippen LogP contribution in [-0.4, -0.2) is 0 Å². The van der Waals surface area contributed by atoms with Crippen LogP contribution in [0.1, 0.15) is 16.7 Å². The van der Waals surface area contributed by atoms with Gasteiger partial charge >= 0.3 is 0 Å². The molecular formula is C19H18P2. The van der Waals surface area contributed by atoms with Crippen LogP contribution in [0, 0.1) is 0 Å². The maximum Gasteiger partial charge on any atom is 0.0655 e. The SMILES string of the molecule is PPC(c1ccccc1)(c1ccccc1)c1ccccc1. The second-order valence-corrected chi connectivity index (χ2v) is 6.90. The van der Waals surface area contributed by atoms with Gasteiger partial charge in [0.25, 0.3) is 0 Å². The van der Waals surface area contributed by atoms with Crippen LogP contribution in [0.3, 0.4) is 0 Å². The standard InChI is InChI=1S/C19H18P2/c20-21-19(16-10-4-1-5-11-16,17-12-6-2-7-13-17)18-14-8-3-9-15-18/h1-15,21H,20H2. The van der Waals surface area contributed by atoms with E-state index in [1.54, 1.807) is 0 Å². The quantitative estimate of drug-likeness (QED) is 0.444. The topological polar surface area (TPSA) is 0 Å². The Kier molecular flexibility index (Phi) is 4.49. The van der Waals surface area contributed by atoms with Gasteiger partial charge in [-0.3, -0.25) is 0 Å². The molecule has 0 radical (unpaired) electrons. The van der Waals surface area contributed by atoms with Crippen LogP contribution in [0.4, 0.5) is 0 Å². The van der Waals surface area contributed by atoms with Crippen LogP contribution in [0.2, 0.25) is 0 Å². The first kappa shape index (κ1) is 14.5. The average Bonchev–Trinajstić information content (AvgIpc) is 2.59. The predicted octanol–water partition coefficient (Wildman–Crippen LogP) is 5.45. The average molecular weight is 308 g/mol. The number of benzene rings is 3. The van der Waals surface area contributed by atoms with E-state index in [0.29, 0.717) is 8.27 Å². The van der Waals surface area contributed by atoms with Crippen molar-refractivity contribution in [3.8, 4) is 0 Å². The molecule has 0 aliphatic carbocycles. The summed E-state index contributed by atoms with van der Waals surface area (Å²) in [4.78, 5) is 0. The molecule has 0 saturated heterocycles. The Morgan fingerprint density at radius 3 is 1.05 bits per heavy atom. The normalized spacial score (nSPS) is 11.9. The predicted molar refractivity (Wildman–Crippen MR) is 97.2 cm³/mol. The van der Waals surface area contributed by atoms with Gasteiger partial charge in [-0.2, -0.15) is 0 Å². The minimum Gasteiger partial charge on any atom is -0.113 e. The van der Waals surface area contributed by atoms with Crippen LogP contribution in [0.25, 0.3) is 0 Å². The van der Waals surface area contributed by atoms with Crippen LogP contribution in [0.5, 0.6) is 0 Å². The lowest BCUT2D eigenvalue weighted by Gasteiger charge is -2.34. The first-order chi connectivity index (χ1) is 10.4. The molecule has 3 rings (SSSR count). The highest BCUT2D eigenvalue weighted by atomic mass is 32.0. The molecule has 0 bridgehead atoms. The molecule has 104 valence electrons. The van der Waals surface area contributed by atoms with Gasteiger partial charge in [0.15, 0.2) is 0 Å². The maximum atomic E-state index is 2.97. The molecule has 0 aliphatic heterocycles. The van der Waals surface area contributed by atoms with E-state index in [4.69, 9.17) is 0 Å². The molecule has 3 aromatic carbocycles. The highest BCUT2D eigenvalue weighted by Crippen LogP contribution is 2.55. The second kappa shape index (κ2) is 6.52.